The number of carbonyl (C=O) groups is 1. The van der Waals surface area contributed by atoms with E-state index in [4.69, 9.17) is 9.72 Å². The first-order valence-corrected chi connectivity index (χ1v) is 13.5. The number of hydrogen-bond acceptors (Lipinski definition) is 3. The van der Waals surface area contributed by atoms with Crippen molar-refractivity contribution in [3.05, 3.63) is 59.4 Å². The molecule has 2 aromatic carbocycles. The van der Waals surface area contributed by atoms with Crippen molar-refractivity contribution < 1.29 is 9.53 Å². The van der Waals surface area contributed by atoms with Gasteiger partial charge in [-0.15, -0.1) is 0 Å². The smallest absolute Gasteiger partial charge is 0.223 e. The fourth-order valence-corrected chi connectivity index (χ4v) is 5.14. The van der Waals surface area contributed by atoms with Crippen LogP contribution in [-0.4, -0.2) is 28.6 Å². The number of benzene rings is 2. The zero-order valence-electron chi connectivity index (χ0n) is 21.5. The van der Waals surface area contributed by atoms with E-state index < -0.39 is 0 Å². The highest BCUT2D eigenvalue weighted by Crippen LogP contribution is 2.24. The van der Waals surface area contributed by atoms with Crippen LogP contribution in [0.2, 0.25) is 0 Å². The van der Waals surface area contributed by atoms with Crippen LogP contribution in [0, 0.1) is 19.8 Å². The van der Waals surface area contributed by atoms with Gasteiger partial charge in [0, 0.05) is 25.4 Å². The van der Waals surface area contributed by atoms with Crippen LogP contribution in [0.1, 0.15) is 74.7 Å². The van der Waals surface area contributed by atoms with Gasteiger partial charge in [-0.25, -0.2) is 4.98 Å². The van der Waals surface area contributed by atoms with Gasteiger partial charge in [-0.3, -0.25) is 4.79 Å². The zero-order valence-corrected chi connectivity index (χ0v) is 21.5. The van der Waals surface area contributed by atoms with Gasteiger partial charge in [0.15, 0.2) is 0 Å². The van der Waals surface area contributed by atoms with Crippen molar-refractivity contribution in [2.45, 2.75) is 84.6 Å². The second-order valence-electron chi connectivity index (χ2n) is 10.1. The molecule has 1 saturated carbocycles. The minimum absolute atomic E-state index is 0.252. The number of fused-ring (bicyclic) bond motifs is 1. The van der Waals surface area contributed by atoms with E-state index in [1.165, 1.54) is 35.9 Å². The number of rotatable bonds is 12. The van der Waals surface area contributed by atoms with Gasteiger partial charge in [0.05, 0.1) is 17.6 Å². The summed E-state index contributed by atoms with van der Waals surface area (Å²) in [5.74, 6) is 2.66. The number of aromatic nitrogens is 2. The number of carbonyl (C=O) groups excluding carboxylic acids is 1. The molecular weight excluding hydrogens is 434 g/mol. The highest BCUT2D eigenvalue weighted by molar-refractivity contribution is 5.78. The van der Waals surface area contributed by atoms with Gasteiger partial charge in [-0.1, -0.05) is 49.9 Å². The van der Waals surface area contributed by atoms with E-state index in [1.54, 1.807) is 0 Å². The van der Waals surface area contributed by atoms with E-state index in [-0.39, 0.29) is 11.8 Å². The third-order valence-electron chi connectivity index (χ3n) is 7.21. The summed E-state index contributed by atoms with van der Waals surface area (Å²) in [5, 5.41) is 3.17. The largest absolute Gasteiger partial charge is 0.493 e. The fraction of sp³-hybridized carbons (Fsp3) is 0.533. The molecule has 5 heteroatoms. The average Bonchev–Trinajstić information content (AvgIpc) is 3.23. The molecule has 5 nitrogen and oxygen atoms in total. The minimum Gasteiger partial charge on any atom is -0.493 e. The number of amides is 1. The van der Waals surface area contributed by atoms with Gasteiger partial charge >= 0.3 is 0 Å². The number of para-hydroxylation sites is 2. The SMILES string of the molecule is Cc1ccc(C)c(OCCCn2c(CCCCCNC(=O)C3CCCCC3)nc3ccccc32)c1. The summed E-state index contributed by atoms with van der Waals surface area (Å²) < 4.78 is 8.46. The quantitative estimate of drug-likeness (QED) is 0.303. The summed E-state index contributed by atoms with van der Waals surface area (Å²) in [7, 11) is 0. The molecule has 1 heterocycles. The first kappa shape index (κ1) is 25.3. The zero-order chi connectivity index (χ0) is 24.5. The van der Waals surface area contributed by atoms with Crippen molar-refractivity contribution in [2.24, 2.45) is 5.92 Å². The second-order valence-corrected chi connectivity index (χ2v) is 10.1. The lowest BCUT2D eigenvalue weighted by Gasteiger charge is -2.20. The molecule has 1 aliphatic carbocycles. The van der Waals surface area contributed by atoms with Crippen LogP contribution in [0.5, 0.6) is 5.75 Å². The molecule has 0 radical (unpaired) electrons. The Morgan fingerprint density at radius 1 is 1.03 bits per heavy atom. The van der Waals surface area contributed by atoms with Crippen molar-refractivity contribution in [3.63, 3.8) is 0 Å². The number of unbranched alkanes of at least 4 members (excludes halogenated alkanes) is 2. The van der Waals surface area contributed by atoms with E-state index in [2.05, 4.69) is 66.2 Å². The maximum Gasteiger partial charge on any atom is 0.223 e. The Balaban J connectivity index is 1.24. The van der Waals surface area contributed by atoms with Crippen molar-refractivity contribution >= 4 is 16.9 Å². The number of nitrogens with zero attached hydrogens (tertiary/aromatic N) is 2. The van der Waals surface area contributed by atoms with Gasteiger partial charge in [-0.05, 0) is 75.3 Å². The third kappa shape index (κ3) is 7.09. The normalized spacial score (nSPS) is 14.3. The van der Waals surface area contributed by atoms with Crippen molar-refractivity contribution in [1.82, 2.24) is 14.9 Å². The molecule has 1 N–H and O–H groups in total. The van der Waals surface area contributed by atoms with E-state index in [0.29, 0.717) is 6.61 Å². The van der Waals surface area contributed by atoms with E-state index >= 15 is 0 Å². The molecule has 0 spiro atoms. The Hall–Kier alpha value is -2.82. The summed E-state index contributed by atoms with van der Waals surface area (Å²) in [4.78, 5) is 17.2. The first-order valence-electron chi connectivity index (χ1n) is 13.5. The summed E-state index contributed by atoms with van der Waals surface area (Å²) in [6, 6.07) is 14.8. The fourth-order valence-electron chi connectivity index (χ4n) is 5.14. The summed E-state index contributed by atoms with van der Waals surface area (Å²) >= 11 is 0. The summed E-state index contributed by atoms with van der Waals surface area (Å²) in [5.41, 5.74) is 4.67. The molecule has 0 saturated heterocycles. The second kappa shape index (κ2) is 12.8. The molecule has 1 amide bonds. The molecule has 0 unspecified atom stereocenters. The van der Waals surface area contributed by atoms with Crippen LogP contribution < -0.4 is 10.1 Å². The molecule has 0 bridgehead atoms. The third-order valence-corrected chi connectivity index (χ3v) is 7.21. The Morgan fingerprint density at radius 2 is 1.86 bits per heavy atom. The number of imidazole rings is 1. The Labute approximate surface area is 210 Å². The molecule has 1 fully saturated rings. The lowest BCUT2D eigenvalue weighted by atomic mass is 9.89. The lowest BCUT2D eigenvalue weighted by Crippen LogP contribution is -2.32. The lowest BCUT2D eigenvalue weighted by molar-refractivity contribution is -0.125. The predicted molar refractivity (Wildman–Crippen MR) is 143 cm³/mol. The van der Waals surface area contributed by atoms with Crippen molar-refractivity contribution in [3.8, 4) is 5.75 Å². The monoisotopic (exact) mass is 475 g/mol. The van der Waals surface area contributed by atoms with Gasteiger partial charge in [0.1, 0.15) is 11.6 Å². The van der Waals surface area contributed by atoms with Crippen LogP contribution in [0.25, 0.3) is 11.0 Å². The molecule has 35 heavy (non-hydrogen) atoms. The molecule has 188 valence electrons. The van der Waals surface area contributed by atoms with Gasteiger partial charge in [-0.2, -0.15) is 0 Å². The standard InChI is InChI=1S/C30H41N3O2/c1-23-17-18-24(2)28(22-23)35-21-11-20-33-27-15-9-8-14-26(27)32-29(33)16-7-4-10-19-31-30(34)25-12-5-3-6-13-25/h8-9,14-15,17-18,22,25H,3-7,10-13,16,19-21H2,1-2H3,(H,31,34). The number of ether oxygens (including phenoxy) is 1. The summed E-state index contributed by atoms with van der Waals surface area (Å²) in [6.07, 6.45) is 10.9. The maximum absolute atomic E-state index is 12.3. The highest BCUT2D eigenvalue weighted by Gasteiger charge is 2.20. The number of nitrogens with one attached hydrogen (secondary N) is 1. The van der Waals surface area contributed by atoms with E-state index in [0.717, 1.165) is 75.1 Å². The molecule has 4 rings (SSSR count). The van der Waals surface area contributed by atoms with Crippen molar-refractivity contribution in [2.75, 3.05) is 13.2 Å². The molecule has 0 atom stereocenters. The van der Waals surface area contributed by atoms with Gasteiger partial charge in [0.2, 0.25) is 5.91 Å². The van der Waals surface area contributed by atoms with Crippen LogP contribution in [0.4, 0.5) is 0 Å². The Bertz CT molecular complexity index is 1100. The van der Waals surface area contributed by atoms with Crippen LogP contribution in [0.15, 0.2) is 42.5 Å². The van der Waals surface area contributed by atoms with E-state index in [1.807, 2.05) is 0 Å². The van der Waals surface area contributed by atoms with Gasteiger partial charge < -0.3 is 14.6 Å². The Kier molecular flexibility index (Phi) is 9.21. The first-order chi connectivity index (χ1) is 17.1. The van der Waals surface area contributed by atoms with Crippen LogP contribution in [-0.2, 0) is 17.8 Å². The molecular formula is C30H41N3O2. The Morgan fingerprint density at radius 3 is 2.71 bits per heavy atom. The number of aryl methyl sites for hydroxylation is 4. The minimum atomic E-state index is 0.252. The van der Waals surface area contributed by atoms with Crippen LogP contribution in [0.3, 0.4) is 0 Å². The highest BCUT2D eigenvalue weighted by atomic mass is 16.5. The van der Waals surface area contributed by atoms with E-state index in [9.17, 15) is 4.79 Å². The topological polar surface area (TPSA) is 56.1 Å². The molecule has 3 aromatic rings. The van der Waals surface area contributed by atoms with Crippen molar-refractivity contribution in [1.29, 1.82) is 0 Å². The molecule has 1 aromatic heterocycles. The maximum atomic E-state index is 12.3. The molecule has 1 aliphatic rings. The number of hydrogen-bond donors (Lipinski definition) is 1. The van der Waals surface area contributed by atoms with Crippen LogP contribution >= 0.6 is 0 Å². The predicted octanol–water partition coefficient (Wildman–Crippen LogP) is 6.53. The average molecular weight is 476 g/mol. The summed E-state index contributed by atoms with van der Waals surface area (Å²) in [6.45, 7) is 6.58. The molecule has 0 aliphatic heterocycles. The van der Waals surface area contributed by atoms with Gasteiger partial charge in [0.25, 0.3) is 0 Å².